The van der Waals surface area contributed by atoms with Gasteiger partial charge in [-0.1, -0.05) is 25.7 Å². The van der Waals surface area contributed by atoms with Gasteiger partial charge in [0.1, 0.15) is 0 Å². The van der Waals surface area contributed by atoms with Crippen LogP contribution < -0.4 is 5.32 Å². The summed E-state index contributed by atoms with van der Waals surface area (Å²) < 4.78 is 0. The van der Waals surface area contributed by atoms with Gasteiger partial charge in [-0.3, -0.25) is 0 Å². The van der Waals surface area contributed by atoms with E-state index in [2.05, 4.69) is 17.3 Å². The maximum atomic E-state index is 3.53. The molecule has 1 heterocycles. The first-order chi connectivity index (χ1) is 9.31. The highest BCUT2D eigenvalue weighted by atomic mass is 15.1. The standard InChI is InChI=1S/C17H32N2/c1-18-16-7-5-6-15(16)14-19-12-10-17(11-13-19)8-3-2-4-9-17/h15-16,18H,2-14H2,1H3. The van der Waals surface area contributed by atoms with E-state index in [-0.39, 0.29) is 0 Å². The maximum absolute atomic E-state index is 3.53. The molecule has 2 saturated carbocycles. The van der Waals surface area contributed by atoms with Gasteiger partial charge in [-0.05, 0) is 70.0 Å². The molecule has 110 valence electrons. The molecule has 1 saturated heterocycles. The minimum absolute atomic E-state index is 0.771. The summed E-state index contributed by atoms with van der Waals surface area (Å²) in [5, 5.41) is 3.53. The molecular weight excluding hydrogens is 232 g/mol. The molecule has 1 aliphatic heterocycles. The van der Waals surface area contributed by atoms with Gasteiger partial charge in [0.05, 0.1) is 0 Å². The summed E-state index contributed by atoms with van der Waals surface area (Å²) in [6, 6.07) is 0.797. The Kier molecular flexibility index (Phi) is 4.48. The fourth-order valence-electron chi connectivity index (χ4n) is 4.98. The van der Waals surface area contributed by atoms with Gasteiger partial charge in [0.25, 0.3) is 0 Å². The van der Waals surface area contributed by atoms with E-state index < -0.39 is 0 Å². The summed E-state index contributed by atoms with van der Waals surface area (Å²) >= 11 is 0. The number of hydrogen-bond donors (Lipinski definition) is 1. The molecule has 1 N–H and O–H groups in total. The Morgan fingerprint density at radius 1 is 0.947 bits per heavy atom. The van der Waals surface area contributed by atoms with Crippen LogP contribution in [0.5, 0.6) is 0 Å². The lowest BCUT2D eigenvalue weighted by molar-refractivity contribution is 0.0581. The highest BCUT2D eigenvalue weighted by molar-refractivity contribution is 4.90. The first-order valence-corrected chi connectivity index (χ1v) is 8.71. The average Bonchev–Trinajstić information content (AvgIpc) is 2.90. The molecule has 3 aliphatic rings. The summed E-state index contributed by atoms with van der Waals surface area (Å²) in [6.45, 7) is 4.13. The second-order valence-electron chi connectivity index (χ2n) is 7.45. The molecule has 0 amide bonds. The van der Waals surface area contributed by atoms with Crippen LogP contribution in [-0.2, 0) is 0 Å². The zero-order chi connectivity index (χ0) is 13.1. The monoisotopic (exact) mass is 264 g/mol. The molecule has 2 nitrogen and oxygen atoms in total. The summed E-state index contributed by atoms with van der Waals surface area (Å²) in [5.41, 5.74) is 0.771. The van der Waals surface area contributed by atoms with Gasteiger partial charge >= 0.3 is 0 Å². The molecule has 2 aliphatic carbocycles. The second kappa shape index (κ2) is 6.13. The van der Waals surface area contributed by atoms with Crippen LogP contribution in [0, 0.1) is 11.3 Å². The lowest BCUT2D eigenvalue weighted by Gasteiger charge is -2.45. The molecule has 2 heteroatoms. The number of nitrogens with one attached hydrogen (secondary N) is 1. The lowest BCUT2D eigenvalue weighted by Crippen LogP contribution is -2.45. The molecule has 0 aromatic rings. The third kappa shape index (κ3) is 3.16. The predicted octanol–water partition coefficient (Wildman–Crippen LogP) is 3.42. The van der Waals surface area contributed by atoms with E-state index in [0.29, 0.717) is 0 Å². The van der Waals surface area contributed by atoms with Gasteiger partial charge < -0.3 is 10.2 Å². The molecule has 19 heavy (non-hydrogen) atoms. The van der Waals surface area contributed by atoms with E-state index in [1.807, 2.05) is 0 Å². The van der Waals surface area contributed by atoms with Gasteiger partial charge in [-0.2, -0.15) is 0 Å². The Balaban J connectivity index is 1.47. The molecule has 0 aromatic heterocycles. The molecular formula is C17H32N2. The minimum atomic E-state index is 0.771. The van der Waals surface area contributed by atoms with Gasteiger partial charge in [-0.25, -0.2) is 0 Å². The van der Waals surface area contributed by atoms with Crippen molar-refractivity contribution < 1.29 is 0 Å². The van der Waals surface area contributed by atoms with Crippen molar-refractivity contribution in [2.75, 3.05) is 26.7 Å². The van der Waals surface area contributed by atoms with Crippen LogP contribution in [0.1, 0.15) is 64.2 Å². The lowest BCUT2D eigenvalue weighted by atomic mass is 9.68. The zero-order valence-electron chi connectivity index (χ0n) is 12.8. The Hall–Kier alpha value is -0.0800. The van der Waals surface area contributed by atoms with E-state index >= 15 is 0 Å². The van der Waals surface area contributed by atoms with Crippen LogP contribution in [0.3, 0.4) is 0 Å². The summed E-state index contributed by atoms with van der Waals surface area (Å²) in [5.74, 6) is 0.922. The Morgan fingerprint density at radius 2 is 1.68 bits per heavy atom. The first-order valence-electron chi connectivity index (χ1n) is 8.71. The maximum Gasteiger partial charge on any atom is 0.0104 e. The number of nitrogens with zero attached hydrogens (tertiary/aromatic N) is 1. The van der Waals surface area contributed by atoms with E-state index in [0.717, 1.165) is 17.4 Å². The summed E-state index contributed by atoms with van der Waals surface area (Å²) in [4.78, 5) is 2.78. The zero-order valence-corrected chi connectivity index (χ0v) is 12.8. The van der Waals surface area contributed by atoms with Crippen molar-refractivity contribution in [3.05, 3.63) is 0 Å². The fraction of sp³-hybridized carbons (Fsp3) is 1.00. The van der Waals surface area contributed by atoms with Crippen molar-refractivity contribution in [3.63, 3.8) is 0 Å². The summed E-state index contributed by atoms with van der Waals surface area (Å²) in [6.07, 6.45) is 14.8. The van der Waals surface area contributed by atoms with Crippen LogP contribution in [0.4, 0.5) is 0 Å². The third-order valence-electron chi connectivity index (χ3n) is 6.35. The van der Waals surface area contributed by atoms with Crippen LogP contribution >= 0.6 is 0 Å². The SMILES string of the molecule is CNC1CCCC1CN1CCC2(CCCCC2)CC1. The van der Waals surface area contributed by atoms with Crippen molar-refractivity contribution in [1.29, 1.82) is 0 Å². The van der Waals surface area contributed by atoms with Crippen LogP contribution in [0.15, 0.2) is 0 Å². The predicted molar refractivity (Wildman–Crippen MR) is 81.4 cm³/mol. The molecule has 3 rings (SSSR count). The molecule has 0 bridgehead atoms. The topological polar surface area (TPSA) is 15.3 Å². The first kappa shape index (κ1) is 13.9. The number of rotatable bonds is 3. The molecule has 2 unspecified atom stereocenters. The van der Waals surface area contributed by atoms with Crippen molar-refractivity contribution in [2.45, 2.75) is 70.3 Å². The van der Waals surface area contributed by atoms with E-state index in [9.17, 15) is 0 Å². The van der Waals surface area contributed by atoms with Crippen LogP contribution in [0.2, 0.25) is 0 Å². The average molecular weight is 264 g/mol. The summed E-state index contributed by atoms with van der Waals surface area (Å²) in [7, 11) is 2.15. The van der Waals surface area contributed by atoms with Crippen molar-refractivity contribution >= 4 is 0 Å². The van der Waals surface area contributed by atoms with Crippen molar-refractivity contribution in [1.82, 2.24) is 10.2 Å². The highest BCUT2D eigenvalue weighted by Crippen LogP contribution is 2.44. The molecule has 1 spiro atoms. The van der Waals surface area contributed by atoms with Crippen LogP contribution in [-0.4, -0.2) is 37.6 Å². The van der Waals surface area contributed by atoms with E-state index in [1.54, 1.807) is 0 Å². The largest absolute Gasteiger partial charge is 0.317 e. The number of piperidine rings is 1. The minimum Gasteiger partial charge on any atom is -0.317 e. The quantitative estimate of drug-likeness (QED) is 0.840. The normalized spacial score (nSPS) is 35.8. The smallest absolute Gasteiger partial charge is 0.0104 e. The van der Waals surface area contributed by atoms with Crippen LogP contribution in [0.25, 0.3) is 0 Å². The third-order valence-corrected chi connectivity index (χ3v) is 6.35. The van der Waals surface area contributed by atoms with Gasteiger partial charge in [0.15, 0.2) is 0 Å². The second-order valence-corrected chi connectivity index (χ2v) is 7.45. The van der Waals surface area contributed by atoms with E-state index in [4.69, 9.17) is 0 Å². The van der Waals surface area contributed by atoms with Gasteiger partial charge in [-0.15, -0.1) is 0 Å². The molecule has 0 radical (unpaired) electrons. The van der Waals surface area contributed by atoms with Gasteiger partial charge in [0.2, 0.25) is 0 Å². The van der Waals surface area contributed by atoms with E-state index in [1.165, 1.54) is 83.8 Å². The molecule has 2 atom stereocenters. The Morgan fingerprint density at radius 3 is 2.37 bits per heavy atom. The number of likely N-dealkylation sites (tertiary alicyclic amines) is 1. The molecule has 0 aromatic carbocycles. The number of hydrogen-bond acceptors (Lipinski definition) is 2. The van der Waals surface area contributed by atoms with Crippen molar-refractivity contribution in [3.8, 4) is 0 Å². The van der Waals surface area contributed by atoms with Gasteiger partial charge in [0, 0.05) is 12.6 Å². The molecule has 3 fully saturated rings. The Labute approximate surface area is 119 Å². The van der Waals surface area contributed by atoms with Crippen molar-refractivity contribution in [2.24, 2.45) is 11.3 Å². The fourth-order valence-corrected chi connectivity index (χ4v) is 4.98. The highest BCUT2D eigenvalue weighted by Gasteiger charge is 2.36. The Bertz CT molecular complexity index is 273.